The van der Waals surface area contributed by atoms with E-state index in [1.54, 1.807) is 16.9 Å². The number of piperazine rings is 1. The van der Waals surface area contributed by atoms with E-state index in [1.165, 1.54) is 5.19 Å². The van der Waals surface area contributed by atoms with E-state index in [-0.39, 0.29) is 55.3 Å². The zero-order valence-electron chi connectivity index (χ0n) is 31.5. The van der Waals surface area contributed by atoms with Crippen molar-refractivity contribution in [3.05, 3.63) is 120 Å². The highest BCUT2D eigenvalue weighted by molar-refractivity contribution is 6.91. The SMILES string of the molecule is COc1ccc([Si](C)(C)[C@H]2[C@H](CC(=O)N(CCO)Cc3ccccc3)O[C@@]3(C(=O)N(Cc4ccccc4)c4ccc(N5CCNCC5=O)cc43)[C@@H]2C)cc1. The molecule has 0 saturated carbocycles. The molecule has 7 rings (SSSR count). The molecule has 54 heavy (non-hydrogen) atoms. The Labute approximate surface area is 318 Å². The molecule has 4 atom stereocenters. The largest absolute Gasteiger partial charge is 0.497 e. The highest BCUT2D eigenvalue weighted by Crippen LogP contribution is 2.60. The minimum absolute atomic E-state index is 0.0297. The third-order valence-corrected chi connectivity index (χ3v) is 16.1. The van der Waals surface area contributed by atoms with Crippen LogP contribution in [0, 0.1) is 5.92 Å². The fourth-order valence-corrected chi connectivity index (χ4v) is 13.0. The first-order chi connectivity index (χ1) is 26.1. The highest BCUT2D eigenvalue weighted by atomic mass is 28.3. The Morgan fingerprint density at radius 3 is 2.31 bits per heavy atom. The lowest BCUT2D eigenvalue weighted by atomic mass is 9.82. The lowest BCUT2D eigenvalue weighted by Crippen LogP contribution is -2.52. The zero-order chi connectivity index (χ0) is 38.0. The quantitative estimate of drug-likeness (QED) is 0.201. The van der Waals surface area contributed by atoms with Crippen LogP contribution in [-0.2, 0) is 37.8 Å². The van der Waals surface area contributed by atoms with Gasteiger partial charge in [-0.15, -0.1) is 0 Å². The van der Waals surface area contributed by atoms with Gasteiger partial charge in [0.2, 0.25) is 11.8 Å². The summed E-state index contributed by atoms with van der Waals surface area (Å²) < 4.78 is 12.8. The number of hydrogen-bond donors (Lipinski definition) is 2. The number of ether oxygens (including phenoxy) is 2. The van der Waals surface area contributed by atoms with Gasteiger partial charge in [0.1, 0.15) is 5.75 Å². The standard InChI is InChI=1S/C43H50N4O6Si/c1-30-41(54(3,4)35-18-16-34(52-2)17-19-35)38(26-39(49)45(23-24-48)28-31-11-7-5-8-12-31)53-43(30)36-25-33(46-22-21-44-27-40(46)50)15-20-37(36)47(42(43)51)29-32-13-9-6-10-14-32/h5-20,25,30,38,41,44,48H,21-24,26-29H2,1-4H3/t30-,38+,41-,43+/m1/s1. The van der Waals surface area contributed by atoms with Gasteiger partial charge in [0.15, 0.2) is 5.60 Å². The molecular formula is C43H50N4O6Si. The number of amides is 3. The molecule has 3 amide bonds. The fraction of sp³-hybridized carbons (Fsp3) is 0.372. The maximum Gasteiger partial charge on any atom is 0.264 e. The first-order valence-corrected chi connectivity index (χ1v) is 21.9. The van der Waals surface area contributed by atoms with E-state index in [1.807, 2.05) is 95.9 Å². The number of fused-ring (bicyclic) bond motifs is 2. The molecular weight excluding hydrogens is 697 g/mol. The molecule has 0 unspecified atom stereocenters. The molecule has 3 aliphatic heterocycles. The van der Waals surface area contributed by atoms with Crippen molar-refractivity contribution in [2.75, 3.05) is 49.7 Å². The molecule has 2 fully saturated rings. The first kappa shape index (κ1) is 37.5. The predicted molar refractivity (Wildman–Crippen MR) is 212 cm³/mol. The van der Waals surface area contributed by atoms with Crippen molar-refractivity contribution >= 4 is 42.4 Å². The summed E-state index contributed by atoms with van der Waals surface area (Å²) >= 11 is 0. The third-order valence-electron chi connectivity index (χ3n) is 11.7. The minimum Gasteiger partial charge on any atom is -0.497 e. The van der Waals surface area contributed by atoms with Gasteiger partial charge in [0.05, 0.1) is 53.1 Å². The normalized spacial score (nSPS) is 22.5. The maximum atomic E-state index is 15.3. The molecule has 0 aliphatic carbocycles. The van der Waals surface area contributed by atoms with E-state index in [9.17, 15) is 14.7 Å². The number of nitrogens with zero attached hydrogens (tertiary/aromatic N) is 3. The second-order valence-electron chi connectivity index (χ2n) is 15.2. The molecule has 10 nitrogen and oxygen atoms in total. The average molecular weight is 747 g/mol. The van der Waals surface area contributed by atoms with Crippen LogP contribution >= 0.6 is 0 Å². The van der Waals surface area contributed by atoms with Crippen molar-refractivity contribution in [1.29, 1.82) is 0 Å². The Balaban J connectivity index is 1.34. The number of hydrogen-bond acceptors (Lipinski definition) is 7. The minimum atomic E-state index is -2.54. The summed E-state index contributed by atoms with van der Waals surface area (Å²) in [6.07, 6.45) is -0.556. The van der Waals surface area contributed by atoms with Crippen LogP contribution in [0.2, 0.25) is 18.6 Å². The Kier molecular flexibility index (Phi) is 10.8. The van der Waals surface area contributed by atoms with Gasteiger partial charge in [-0.25, -0.2) is 0 Å². The molecule has 0 radical (unpaired) electrons. The van der Waals surface area contributed by atoms with Crippen LogP contribution in [0.3, 0.4) is 0 Å². The van der Waals surface area contributed by atoms with Crippen molar-refractivity contribution in [1.82, 2.24) is 10.2 Å². The molecule has 4 aromatic rings. The second-order valence-corrected chi connectivity index (χ2v) is 19.9. The summed E-state index contributed by atoms with van der Waals surface area (Å²) in [6.45, 7) is 8.84. The Morgan fingerprint density at radius 1 is 0.981 bits per heavy atom. The molecule has 3 heterocycles. The van der Waals surface area contributed by atoms with Gasteiger partial charge in [-0.3, -0.25) is 14.4 Å². The van der Waals surface area contributed by atoms with Gasteiger partial charge in [-0.1, -0.05) is 98.0 Å². The van der Waals surface area contributed by atoms with E-state index < -0.39 is 19.8 Å². The van der Waals surface area contributed by atoms with Crippen LogP contribution in [0.15, 0.2) is 103 Å². The van der Waals surface area contributed by atoms with E-state index in [2.05, 4.69) is 37.5 Å². The topological polar surface area (TPSA) is 112 Å². The van der Waals surface area contributed by atoms with E-state index >= 15 is 4.79 Å². The molecule has 4 aromatic carbocycles. The average Bonchev–Trinajstić information content (AvgIpc) is 3.61. The van der Waals surface area contributed by atoms with Crippen LogP contribution < -0.4 is 25.0 Å². The Bertz CT molecular complexity index is 1980. The van der Waals surface area contributed by atoms with Crippen molar-refractivity contribution in [3.63, 3.8) is 0 Å². The molecule has 282 valence electrons. The van der Waals surface area contributed by atoms with Gasteiger partial charge in [-0.05, 0) is 47.0 Å². The summed E-state index contributed by atoms with van der Waals surface area (Å²) in [5, 5.41) is 14.4. The number of carbonyl (C=O) groups excluding carboxylic acids is 3. The predicted octanol–water partition coefficient (Wildman–Crippen LogP) is 4.81. The summed E-state index contributed by atoms with van der Waals surface area (Å²) in [4.78, 5) is 48.2. The van der Waals surface area contributed by atoms with E-state index in [0.717, 1.165) is 33.8 Å². The number of rotatable bonds is 12. The van der Waals surface area contributed by atoms with Crippen LogP contribution in [0.25, 0.3) is 0 Å². The lowest BCUT2D eigenvalue weighted by molar-refractivity contribution is -0.150. The fourth-order valence-electron chi connectivity index (χ4n) is 8.99. The molecule has 2 saturated heterocycles. The van der Waals surface area contributed by atoms with Gasteiger partial charge in [-0.2, -0.15) is 0 Å². The van der Waals surface area contributed by atoms with E-state index in [0.29, 0.717) is 26.2 Å². The number of benzene rings is 4. The molecule has 11 heteroatoms. The number of anilines is 2. The summed E-state index contributed by atoms with van der Waals surface area (Å²) in [6, 6.07) is 33.7. The zero-order valence-corrected chi connectivity index (χ0v) is 32.5. The Morgan fingerprint density at radius 2 is 1.67 bits per heavy atom. The van der Waals surface area contributed by atoms with Crippen molar-refractivity contribution in [3.8, 4) is 5.75 Å². The van der Waals surface area contributed by atoms with Gasteiger partial charge < -0.3 is 34.6 Å². The summed E-state index contributed by atoms with van der Waals surface area (Å²) in [7, 11) is -0.895. The summed E-state index contributed by atoms with van der Waals surface area (Å²) in [5.74, 6) is 0.0973. The number of nitrogens with one attached hydrogen (secondary N) is 1. The van der Waals surface area contributed by atoms with Crippen LogP contribution in [0.5, 0.6) is 5.75 Å². The van der Waals surface area contributed by atoms with Crippen LogP contribution in [0.4, 0.5) is 11.4 Å². The first-order valence-electron chi connectivity index (χ1n) is 18.8. The molecule has 3 aliphatic rings. The summed E-state index contributed by atoms with van der Waals surface area (Å²) in [5.41, 5.74) is 2.60. The maximum absolute atomic E-state index is 15.3. The van der Waals surface area contributed by atoms with Gasteiger partial charge in [0.25, 0.3) is 5.91 Å². The Hall–Kier alpha value is -4.81. The van der Waals surface area contributed by atoms with Gasteiger partial charge >= 0.3 is 0 Å². The van der Waals surface area contributed by atoms with Crippen molar-refractivity contribution in [2.45, 2.75) is 56.8 Å². The smallest absolute Gasteiger partial charge is 0.264 e. The second kappa shape index (κ2) is 15.5. The van der Waals surface area contributed by atoms with E-state index in [4.69, 9.17) is 9.47 Å². The third kappa shape index (κ3) is 6.85. The van der Waals surface area contributed by atoms with Crippen LogP contribution in [0.1, 0.15) is 30.0 Å². The van der Waals surface area contributed by atoms with Crippen molar-refractivity contribution in [2.24, 2.45) is 5.92 Å². The molecule has 0 aromatic heterocycles. The molecule has 1 spiro atoms. The molecule has 0 bridgehead atoms. The van der Waals surface area contributed by atoms with Crippen LogP contribution in [-0.4, -0.2) is 81.8 Å². The lowest BCUT2D eigenvalue weighted by Gasteiger charge is -2.37. The molecule has 2 N–H and O–H groups in total. The number of carbonyl (C=O) groups is 3. The van der Waals surface area contributed by atoms with Crippen molar-refractivity contribution < 1.29 is 29.0 Å². The monoisotopic (exact) mass is 746 g/mol. The highest BCUT2D eigenvalue weighted by Gasteiger charge is 2.66. The number of methoxy groups -OCH3 is 1. The van der Waals surface area contributed by atoms with Gasteiger partial charge in [0, 0.05) is 43.3 Å². The number of aliphatic hydroxyl groups is 1. The number of aliphatic hydroxyl groups excluding tert-OH is 1.